The highest BCUT2D eigenvalue weighted by Crippen LogP contribution is 2.32. The zero-order chi connectivity index (χ0) is 13.8. The summed E-state index contributed by atoms with van der Waals surface area (Å²) in [5, 5.41) is 2.42. The maximum Gasteiger partial charge on any atom is 0.354 e. The second-order valence-electron chi connectivity index (χ2n) is 3.84. The average Bonchev–Trinajstić information content (AvgIpc) is 2.84. The van der Waals surface area contributed by atoms with Gasteiger partial charge in [-0.15, -0.1) is 0 Å². The first kappa shape index (κ1) is 12.9. The van der Waals surface area contributed by atoms with Crippen molar-refractivity contribution in [3.05, 3.63) is 29.5 Å². The van der Waals surface area contributed by atoms with Gasteiger partial charge in [0.15, 0.2) is 11.5 Å². The maximum atomic E-state index is 11.5. The summed E-state index contributed by atoms with van der Waals surface area (Å²) in [5.74, 6) is 0.280. The smallest absolute Gasteiger partial charge is 0.354 e. The van der Waals surface area contributed by atoms with Gasteiger partial charge in [-0.25, -0.2) is 4.79 Å². The van der Waals surface area contributed by atoms with Crippen LogP contribution in [0.25, 0.3) is 6.08 Å². The van der Waals surface area contributed by atoms with Gasteiger partial charge in [0.2, 0.25) is 12.7 Å². The summed E-state index contributed by atoms with van der Waals surface area (Å²) < 4.78 is 15.0. The van der Waals surface area contributed by atoms with Crippen LogP contribution in [0.5, 0.6) is 11.5 Å². The fraction of sp³-hybridized carbons (Fsp3) is 0.231. The number of methoxy groups -OCH3 is 1. The Morgan fingerprint density at radius 1 is 1.32 bits per heavy atom. The zero-order valence-electron chi connectivity index (χ0n) is 10.6. The molecule has 0 bridgehead atoms. The molecule has 1 heterocycles. The van der Waals surface area contributed by atoms with Gasteiger partial charge in [-0.05, 0) is 23.8 Å². The quantitative estimate of drug-likeness (QED) is 0.652. The van der Waals surface area contributed by atoms with Crippen molar-refractivity contribution in [3.63, 3.8) is 0 Å². The Bertz CT molecular complexity index is 550. The number of carbonyl (C=O) groups excluding carboxylic acids is 2. The van der Waals surface area contributed by atoms with Crippen LogP contribution in [0.1, 0.15) is 12.5 Å². The van der Waals surface area contributed by atoms with Gasteiger partial charge in [0.05, 0.1) is 7.11 Å². The predicted octanol–water partition coefficient (Wildman–Crippen LogP) is 1.07. The van der Waals surface area contributed by atoms with Crippen LogP contribution in [0, 0.1) is 0 Å². The van der Waals surface area contributed by atoms with Crippen LogP contribution in [0.4, 0.5) is 0 Å². The Hall–Kier alpha value is -2.50. The van der Waals surface area contributed by atoms with Gasteiger partial charge in [0.1, 0.15) is 5.70 Å². The Labute approximate surface area is 110 Å². The summed E-state index contributed by atoms with van der Waals surface area (Å²) in [4.78, 5) is 22.6. The fourth-order valence-electron chi connectivity index (χ4n) is 1.62. The van der Waals surface area contributed by atoms with E-state index in [0.29, 0.717) is 17.1 Å². The highest BCUT2D eigenvalue weighted by molar-refractivity contribution is 5.97. The highest BCUT2D eigenvalue weighted by atomic mass is 16.7. The normalized spacial score (nSPS) is 13.1. The number of carbonyl (C=O) groups is 2. The van der Waals surface area contributed by atoms with E-state index in [2.05, 4.69) is 10.1 Å². The van der Waals surface area contributed by atoms with Gasteiger partial charge in [-0.2, -0.15) is 0 Å². The van der Waals surface area contributed by atoms with Crippen molar-refractivity contribution >= 4 is 18.0 Å². The van der Waals surface area contributed by atoms with Crippen molar-refractivity contribution < 1.29 is 23.8 Å². The zero-order valence-corrected chi connectivity index (χ0v) is 10.6. The van der Waals surface area contributed by atoms with Crippen molar-refractivity contribution in [3.8, 4) is 11.5 Å². The van der Waals surface area contributed by atoms with E-state index >= 15 is 0 Å². The van der Waals surface area contributed by atoms with Crippen LogP contribution in [-0.2, 0) is 14.3 Å². The van der Waals surface area contributed by atoms with E-state index in [1.807, 2.05) is 0 Å². The third-order valence-electron chi connectivity index (χ3n) is 2.42. The van der Waals surface area contributed by atoms with Crippen molar-refractivity contribution in [2.45, 2.75) is 6.92 Å². The van der Waals surface area contributed by atoms with E-state index in [1.165, 1.54) is 20.1 Å². The Morgan fingerprint density at radius 2 is 2.05 bits per heavy atom. The monoisotopic (exact) mass is 263 g/mol. The van der Waals surface area contributed by atoms with Gasteiger partial charge in [0.25, 0.3) is 0 Å². The molecule has 0 aliphatic carbocycles. The lowest BCUT2D eigenvalue weighted by atomic mass is 10.1. The molecule has 1 amide bonds. The molecule has 0 saturated carbocycles. The molecule has 0 saturated heterocycles. The van der Waals surface area contributed by atoms with Crippen LogP contribution >= 0.6 is 0 Å². The molecule has 0 unspecified atom stereocenters. The number of rotatable bonds is 3. The minimum Gasteiger partial charge on any atom is -0.464 e. The molecule has 0 fully saturated rings. The lowest BCUT2D eigenvalue weighted by molar-refractivity contribution is -0.137. The van der Waals surface area contributed by atoms with E-state index in [1.54, 1.807) is 18.2 Å². The third kappa shape index (κ3) is 3.04. The maximum absolute atomic E-state index is 11.5. The number of amides is 1. The Kier molecular flexibility index (Phi) is 3.70. The van der Waals surface area contributed by atoms with Crippen molar-refractivity contribution in [1.82, 2.24) is 5.32 Å². The molecule has 0 spiro atoms. The fourth-order valence-corrected chi connectivity index (χ4v) is 1.62. The van der Waals surface area contributed by atoms with Crippen LogP contribution in [0.3, 0.4) is 0 Å². The van der Waals surface area contributed by atoms with E-state index in [0.717, 1.165) is 0 Å². The van der Waals surface area contributed by atoms with Gasteiger partial charge >= 0.3 is 5.97 Å². The SMILES string of the molecule is COC(=O)/C(=C/c1ccc2c(c1)OCO2)NC(C)=O. The molecular formula is C13H13NO5. The molecule has 100 valence electrons. The molecule has 0 aromatic heterocycles. The number of fused-ring (bicyclic) bond motifs is 1. The van der Waals surface area contributed by atoms with Gasteiger partial charge in [-0.1, -0.05) is 6.07 Å². The van der Waals surface area contributed by atoms with Crippen LogP contribution < -0.4 is 14.8 Å². The summed E-state index contributed by atoms with van der Waals surface area (Å²) >= 11 is 0. The molecule has 19 heavy (non-hydrogen) atoms. The Balaban J connectivity index is 2.29. The van der Waals surface area contributed by atoms with Gasteiger partial charge in [0, 0.05) is 6.92 Å². The molecular weight excluding hydrogens is 250 g/mol. The van der Waals surface area contributed by atoms with E-state index in [-0.39, 0.29) is 18.4 Å². The van der Waals surface area contributed by atoms with Crippen LogP contribution in [0.2, 0.25) is 0 Å². The number of hydrogen-bond donors (Lipinski definition) is 1. The number of ether oxygens (including phenoxy) is 3. The molecule has 1 aliphatic rings. The van der Waals surface area contributed by atoms with E-state index in [4.69, 9.17) is 9.47 Å². The summed E-state index contributed by atoms with van der Waals surface area (Å²) in [6.45, 7) is 1.49. The minimum absolute atomic E-state index is 0.0638. The number of esters is 1. The molecule has 2 rings (SSSR count). The molecule has 1 aromatic rings. The molecule has 0 radical (unpaired) electrons. The topological polar surface area (TPSA) is 73.9 Å². The van der Waals surface area contributed by atoms with Crippen LogP contribution in [-0.4, -0.2) is 25.8 Å². The highest BCUT2D eigenvalue weighted by Gasteiger charge is 2.15. The summed E-state index contributed by atoms with van der Waals surface area (Å²) in [6, 6.07) is 5.20. The third-order valence-corrected chi connectivity index (χ3v) is 2.42. The van der Waals surface area contributed by atoms with Gasteiger partial charge in [-0.3, -0.25) is 4.79 Å². The second-order valence-corrected chi connectivity index (χ2v) is 3.84. The Morgan fingerprint density at radius 3 is 2.74 bits per heavy atom. The predicted molar refractivity (Wildman–Crippen MR) is 66.4 cm³/mol. The lowest BCUT2D eigenvalue weighted by Gasteiger charge is -2.06. The molecule has 1 aromatic carbocycles. The number of benzene rings is 1. The molecule has 0 atom stereocenters. The standard InChI is InChI=1S/C13H13NO5/c1-8(15)14-10(13(16)17-2)5-9-3-4-11-12(6-9)19-7-18-11/h3-6H,7H2,1-2H3,(H,14,15)/b10-5-. The van der Waals surface area contributed by atoms with Crippen LogP contribution in [0.15, 0.2) is 23.9 Å². The first-order chi connectivity index (χ1) is 9.10. The average molecular weight is 263 g/mol. The lowest BCUT2D eigenvalue weighted by Crippen LogP contribution is -2.25. The molecule has 6 nitrogen and oxygen atoms in total. The largest absolute Gasteiger partial charge is 0.464 e. The first-order valence-corrected chi connectivity index (χ1v) is 5.57. The van der Waals surface area contributed by atoms with E-state index in [9.17, 15) is 9.59 Å². The minimum atomic E-state index is -0.618. The number of nitrogens with one attached hydrogen (secondary N) is 1. The van der Waals surface area contributed by atoms with Crippen molar-refractivity contribution in [2.75, 3.05) is 13.9 Å². The van der Waals surface area contributed by atoms with Crippen molar-refractivity contribution in [2.24, 2.45) is 0 Å². The number of hydrogen-bond acceptors (Lipinski definition) is 5. The summed E-state index contributed by atoms with van der Waals surface area (Å²) in [7, 11) is 1.25. The molecule has 1 aliphatic heterocycles. The van der Waals surface area contributed by atoms with Crippen molar-refractivity contribution in [1.29, 1.82) is 0 Å². The first-order valence-electron chi connectivity index (χ1n) is 5.57. The summed E-state index contributed by atoms with van der Waals surface area (Å²) in [5.41, 5.74) is 0.757. The second kappa shape index (κ2) is 5.43. The molecule has 1 N–H and O–H groups in total. The summed E-state index contributed by atoms with van der Waals surface area (Å²) in [6.07, 6.45) is 1.51. The van der Waals surface area contributed by atoms with E-state index < -0.39 is 5.97 Å². The van der Waals surface area contributed by atoms with Gasteiger partial charge < -0.3 is 19.5 Å². The molecule has 6 heteroatoms.